The molecule has 0 radical (unpaired) electrons. The first-order chi connectivity index (χ1) is 37.7. The molecule has 1 heterocycles. The molecule has 2 nitrogen and oxygen atoms in total. The number of hydrogen-bond acceptors (Lipinski definition) is 2. The van der Waals surface area contributed by atoms with E-state index in [-0.39, 0.29) is 16.3 Å². The molecule has 0 aliphatic rings. The van der Waals surface area contributed by atoms with Crippen LogP contribution in [0.4, 0.5) is 17.1 Å². The van der Waals surface area contributed by atoms with Gasteiger partial charge in [-0.2, -0.15) is 0 Å². The van der Waals surface area contributed by atoms with Crippen molar-refractivity contribution in [1.29, 1.82) is 0 Å². The van der Waals surface area contributed by atoms with Gasteiger partial charge in [-0.1, -0.05) is 133 Å². The molecule has 51 heavy (non-hydrogen) atoms. The summed E-state index contributed by atoms with van der Waals surface area (Å²) in [6.45, 7) is 1.24. The Morgan fingerprint density at radius 3 is 1.69 bits per heavy atom. The Morgan fingerprint density at radius 2 is 0.941 bits per heavy atom. The van der Waals surface area contributed by atoms with Gasteiger partial charge in [0.05, 0.1) is 46.8 Å². The van der Waals surface area contributed by atoms with Gasteiger partial charge in [0.15, 0.2) is 0 Å². The van der Waals surface area contributed by atoms with Crippen LogP contribution >= 0.6 is 0 Å². The second-order valence-electron chi connectivity index (χ2n) is 11.0. The Bertz CT molecular complexity index is 4580. The lowest BCUT2D eigenvalue weighted by molar-refractivity contribution is 0.672. The SMILES string of the molecule is [2H]c1c([2H])c([2H])c(-c2c([2H])c([2H])c(N(c3c([2H])c([2H])c(-c4c([2H])c([2H])c5c(c4[2H])c([2H])c([2H])c4c([2H])c([2H])c([2H])c([2H])c45)c([2H])c3[2H])c3c([2H])c(C)c4c(oc5c6c([2H])c([2H])c([2H])c([2H])c6c([2H])c([2H])c54)c3[2H])c([2H])c2[2H])c([2H])c1[2H]. The van der Waals surface area contributed by atoms with Crippen molar-refractivity contribution in [2.75, 3.05) is 4.90 Å². The molecule has 1 aromatic heterocycles. The van der Waals surface area contributed by atoms with Crippen LogP contribution < -0.4 is 4.90 Å². The number of fused-ring (bicyclic) bond motifs is 8. The molecule has 0 aliphatic carbocycles. The highest BCUT2D eigenvalue weighted by Gasteiger charge is 2.19. The lowest BCUT2D eigenvalue weighted by atomic mass is 9.97. The second-order valence-corrected chi connectivity index (χ2v) is 11.0. The van der Waals surface area contributed by atoms with E-state index >= 15 is 0 Å². The molecule has 0 fully saturated rings. The molecule has 0 spiro atoms. The van der Waals surface area contributed by atoms with Crippen LogP contribution in [0.5, 0.6) is 0 Å². The lowest BCUT2D eigenvalue weighted by Crippen LogP contribution is -2.10. The zero-order valence-electron chi connectivity index (χ0n) is 55.9. The Hall–Kier alpha value is -6.64. The van der Waals surface area contributed by atoms with Crippen molar-refractivity contribution < 1.29 is 45.5 Å². The van der Waals surface area contributed by atoms with Crippen LogP contribution in [0.3, 0.4) is 0 Å². The van der Waals surface area contributed by atoms with Crippen LogP contribution in [-0.2, 0) is 0 Å². The maximum absolute atomic E-state index is 9.81. The van der Waals surface area contributed by atoms with Gasteiger partial charge in [0, 0.05) is 33.6 Å². The van der Waals surface area contributed by atoms with E-state index in [0.717, 1.165) is 0 Å². The number of aryl methyl sites for hydroxylation is 1. The van der Waals surface area contributed by atoms with E-state index in [1.807, 2.05) is 0 Å². The molecule has 0 saturated heterocycles. The third-order valence-electron chi connectivity index (χ3n) is 8.01. The summed E-state index contributed by atoms with van der Waals surface area (Å²) in [5.74, 6) is 0. The highest BCUT2D eigenvalue weighted by molar-refractivity contribution is 6.16. The molecule has 240 valence electrons. The number of nitrogens with zero attached hydrogens (tertiary/aromatic N) is 1. The molecule has 2 heteroatoms. The van der Waals surface area contributed by atoms with Crippen molar-refractivity contribution in [3.8, 4) is 22.3 Å². The van der Waals surface area contributed by atoms with Gasteiger partial charge in [0.1, 0.15) is 11.2 Å². The Labute approximate surface area is 338 Å². The highest BCUT2D eigenvalue weighted by atomic mass is 16.3. The minimum absolute atomic E-state index is 0.246. The quantitative estimate of drug-likeness (QED) is 0.168. The number of furan rings is 1. The molecule has 0 saturated carbocycles. The zero-order valence-corrected chi connectivity index (χ0v) is 25.9. The number of benzene rings is 9. The normalized spacial score (nSPS) is 19.9. The van der Waals surface area contributed by atoms with Gasteiger partial charge < -0.3 is 9.32 Å². The summed E-state index contributed by atoms with van der Waals surface area (Å²) >= 11 is 0. The standard InChI is InChI=1S/C49H33NO/c1-32-29-42(31-47-48(32)46-28-21-37-12-6-8-14-45(37)49(46)51-47)50(40-23-17-34(18-24-40)33-9-3-2-4-10-33)41-25-19-35(20-26-41)38-22-27-44-39(30-38)16-15-36-11-5-7-13-43(36)44/h2-31H,1H3/i2D,3D,4D,5D,6D,7D,8D,9D,10D,11D,12D,13D,14D,15D,16D,17D,18D,19D,20D,21D,22D,23D,24D,25D,26D,27D,28D,29D,30D,31D. The van der Waals surface area contributed by atoms with Crippen molar-refractivity contribution in [3.05, 3.63) is 187 Å². The lowest BCUT2D eigenvalue weighted by Gasteiger charge is -2.26. The first-order valence-corrected chi connectivity index (χ1v) is 15.1. The van der Waals surface area contributed by atoms with Crippen LogP contribution in [0.25, 0.3) is 76.5 Å². The summed E-state index contributed by atoms with van der Waals surface area (Å²) in [4.78, 5) is 0.468. The van der Waals surface area contributed by atoms with Crippen molar-refractivity contribution in [2.45, 2.75) is 6.92 Å². The van der Waals surface area contributed by atoms with E-state index in [9.17, 15) is 17.8 Å². The van der Waals surface area contributed by atoms with Gasteiger partial charge in [-0.15, -0.1) is 0 Å². The van der Waals surface area contributed by atoms with E-state index in [0.29, 0.717) is 4.90 Å². The van der Waals surface area contributed by atoms with Gasteiger partial charge in [0.2, 0.25) is 0 Å². The van der Waals surface area contributed by atoms with Crippen LogP contribution in [0.1, 0.15) is 46.7 Å². The third-order valence-corrected chi connectivity index (χ3v) is 8.01. The van der Waals surface area contributed by atoms with Crippen LogP contribution in [0, 0.1) is 6.92 Å². The summed E-state index contributed by atoms with van der Waals surface area (Å²) in [5.41, 5.74) is -7.77. The van der Waals surface area contributed by atoms with E-state index in [4.69, 9.17) is 27.7 Å². The van der Waals surface area contributed by atoms with Gasteiger partial charge in [0.25, 0.3) is 0 Å². The predicted molar refractivity (Wildman–Crippen MR) is 217 cm³/mol. The second kappa shape index (κ2) is 11.8. The predicted octanol–water partition coefficient (Wildman–Crippen LogP) is 14.2. The molecule has 0 unspecified atom stereocenters. The minimum atomic E-state index is -1.22. The average molecular weight is 682 g/mol. The summed E-state index contributed by atoms with van der Waals surface area (Å²) < 4.78 is 275. The molecule has 0 bridgehead atoms. The maximum Gasteiger partial charge on any atom is 0.143 e. The topological polar surface area (TPSA) is 16.4 Å². The summed E-state index contributed by atoms with van der Waals surface area (Å²) in [5, 5.41) is -3.61. The number of anilines is 3. The number of rotatable bonds is 5. The maximum atomic E-state index is 9.81. The van der Waals surface area contributed by atoms with E-state index in [1.54, 1.807) is 0 Å². The van der Waals surface area contributed by atoms with Gasteiger partial charge in [-0.25, -0.2) is 0 Å². The van der Waals surface area contributed by atoms with E-state index < -0.39 is 264 Å². The van der Waals surface area contributed by atoms with Crippen molar-refractivity contribution >= 4 is 71.3 Å². The van der Waals surface area contributed by atoms with E-state index in [2.05, 4.69) is 0 Å². The largest absolute Gasteiger partial charge is 0.455 e. The van der Waals surface area contributed by atoms with Crippen molar-refractivity contribution in [1.82, 2.24) is 0 Å². The van der Waals surface area contributed by atoms with E-state index in [1.165, 1.54) is 6.92 Å². The molecule has 10 rings (SSSR count). The fraction of sp³-hybridized carbons (Fsp3) is 0.0204. The molecule has 0 atom stereocenters. The monoisotopic (exact) mass is 681 g/mol. The zero-order chi connectivity index (χ0) is 60.0. The molecule has 0 amide bonds. The van der Waals surface area contributed by atoms with Crippen LogP contribution in [0.2, 0.25) is 0 Å². The first-order valence-electron chi connectivity index (χ1n) is 30.1. The smallest absolute Gasteiger partial charge is 0.143 e. The Morgan fingerprint density at radius 1 is 0.412 bits per heavy atom. The summed E-state index contributed by atoms with van der Waals surface area (Å²) in [7, 11) is 0. The van der Waals surface area contributed by atoms with Gasteiger partial charge >= 0.3 is 0 Å². The third kappa shape index (κ3) is 4.95. The van der Waals surface area contributed by atoms with Crippen LogP contribution in [0.15, 0.2) is 186 Å². The highest BCUT2D eigenvalue weighted by Crippen LogP contribution is 2.42. The van der Waals surface area contributed by atoms with Gasteiger partial charge in [-0.3, -0.25) is 0 Å². The number of hydrogen-bond donors (Lipinski definition) is 0. The Kier molecular flexibility index (Phi) is 2.77. The van der Waals surface area contributed by atoms with Crippen molar-refractivity contribution in [3.63, 3.8) is 0 Å². The molecule has 0 N–H and O–H groups in total. The molecular weight excluding hydrogens is 619 g/mol. The molecule has 10 aromatic rings. The summed E-state index contributed by atoms with van der Waals surface area (Å²) in [6, 6.07) is -27.9. The molecule has 0 aliphatic heterocycles. The fourth-order valence-electron chi connectivity index (χ4n) is 5.69. The van der Waals surface area contributed by atoms with Crippen molar-refractivity contribution in [2.24, 2.45) is 0 Å². The van der Waals surface area contributed by atoms with Crippen LogP contribution in [-0.4, -0.2) is 0 Å². The fourth-order valence-corrected chi connectivity index (χ4v) is 5.69. The first kappa shape index (κ1) is 12.0. The summed E-state index contributed by atoms with van der Waals surface area (Å²) in [6.07, 6.45) is 0. The average Bonchev–Trinajstić information content (AvgIpc) is 4.13. The molecule has 9 aromatic carbocycles. The van der Waals surface area contributed by atoms with Gasteiger partial charge in [-0.05, 0) is 104 Å². The minimum Gasteiger partial charge on any atom is -0.455 e. The Balaban J connectivity index is 1.37. The molecular formula is C49H33NO.